The van der Waals surface area contributed by atoms with E-state index in [-0.39, 0.29) is 6.04 Å². The summed E-state index contributed by atoms with van der Waals surface area (Å²) in [7, 11) is 0. The van der Waals surface area contributed by atoms with Gasteiger partial charge in [0.15, 0.2) is 0 Å². The van der Waals surface area contributed by atoms with Gasteiger partial charge in [-0.1, -0.05) is 15.9 Å². The number of amides is 1. The second kappa shape index (κ2) is 5.28. The second-order valence-corrected chi connectivity index (χ2v) is 5.77. The van der Waals surface area contributed by atoms with Crippen LogP contribution >= 0.6 is 15.9 Å². The Morgan fingerprint density at radius 3 is 2.83 bits per heavy atom. The van der Waals surface area contributed by atoms with Crippen molar-refractivity contribution < 1.29 is 4.79 Å². The van der Waals surface area contributed by atoms with E-state index in [0.717, 1.165) is 29.5 Å². The van der Waals surface area contributed by atoms with Gasteiger partial charge in [-0.15, -0.1) is 0 Å². The van der Waals surface area contributed by atoms with Crippen LogP contribution in [0.3, 0.4) is 0 Å². The van der Waals surface area contributed by atoms with Gasteiger partial charge >= 0.3 is 0 Å². The maximum absolute atomic E-state index is 11.5. The average Bonchev–Trinajstić information content (AvgIpc) is 2.29. The van der Waals surface area contributed by atoms with E-state index in [4.69, 9.17) is 11.5 Å². The first kappa shape index (κ1) is 13.4. The fourth-order valence-electron chi connectivity index (χ4n) is 2.52. The number of nitrogens with two attached hydrogens (primary N) is 2. The fourth-order valence-corrected chi connectivity index (χ4v) is 2.88. The molecule has 4 nitrogen and oxygen atoms in total. The number of halogens is 1. The molecule has 1 aliphatic rings. The zero-order valence-corrected chi connectivity index (χ0v) is 12.0. The molecule has 0 aromatic heterocycles. The summed E-state index contributed by atoms with van der Waals surface area (Å²) in [6.45, 7) is 3.00. The lowest BCUT2D eigenvalue weighted by molar-refractivity contribution is 0.100. The summed E-state index contributed by atoms with van der Waals surface area (Å²) in [5, 5.41) is 0. The molecular formula is C13H18BrN3O. The Morgan fingerprint density at radius 2 is 2.22 bits per heavy atom. The molecule has 18 heavy (non-hydrogen) atoms. The van der Waals surface area contributed by atoms with Crippen LogP contribution in [-0.4, -0.2) is 24.5 Å². The number of anilines is 1. The molecule has 1 saturated heterocycles. The van der Waals surface area contributed by atoms with Crippen molar-refractivity contribution in [1.29, 1.82) is 0 Å². The van der Waals surface area contributed by atoms with Crippen LogP contribution in [0.5, 0.6) is 0 Å². The highest BCUT2D eigenvalue weighted by molar-refractivity contribution is 9.10. The molecule has 1 aromatic carbocycles. The monoisotopic (exact) mass is 311 g/mol. The molecule has 4 N–H and O–H groups in total. The Kier molecular flexibility index (Phi) is 3.92. The van der Waals surface area contributed by atoms with E-state index in [1.165, 1.54) is 0 Å². The molecule has 1 fully saturated rings. The smallest absolute Gasteiger partial charge is 0.250 e. The molecule has 0 bridgehead atoms. The Hall–Kier alpha value is -1.07. The molecule has 1 heterocycles. The van der Waals surface area contributed by atoms with E-state index in [1.807, 2.05) is 12.1 Å². The van der Waals surface area contributed by atoms with Crippen molar-refractivity contribution >= 4 is 27.5 Å². The third-order valence-electron chi connectivity index (χ3n) is 3.45. The number of piperidine rings is 1. The van der Waals surface area contributed by atoms with E-state index < -0.39 is 5.91 Å². The quantitative estimate of drug-likeness (QED) is 0.875. The Balaban J connectivity index is 2.35. The van der Waals surface area contributed by atoms with E-state index >= 15 is 0 Å². The van der Waals surface area contributed by atoms with Crippen molar-refractivity contribution in [1.82, 2.24) is 0 Å². The fraction of sp³-hybridized carbons (Fsp3) is 0.462. The van der Waals surface area contributed by atoms with Gasteiger partial charge in [0.2, 0.25) is 0 Å². The molecule has 98 valence electrons. The molecule has 1 amide bonds. The molecule has 0 saturated carbocycles. The predicted octanol–water partition coefficient (Wildman–Crippen LogP) is 1.86. The Bertz CT molecular complexity index is 464. The van der Waals surface area contributed by atoms with Crippen LogP contribution in [0.1, 0.15) is 30.1 Å². The lowest BCUT2D eigenvalue weighted by Crippen LogP contribution is -2.46. The minimum atomic E-state index is -0.395. The number of carbonyl (C=O) groups is 1. The number of carbonyl (C=O) groups excluding carboxylic acids is 1. The van der Waals surface area contributed by atoms with Gasteiger partial charge in [0.25, 0.3) is 5.91 Å². The number of rotatable bonds is 2. The highest BCUT2D eigenvalue weighted by Crippen LogP contribution is 2.29. The summed E-state index contributed by atoms with van der Waals surface area (Å²) in [5.41, 5.74) is 12.9. The van der Waals surface area contributed by atoms with E-state index in [1.54, 1.807) is 6.07 Å². The summed E-state index contributed by atoms with van der Waals surface area (Å²) in [6, 6.07) is 6.23. The Morgan fingerprint density at radius 1 is 1.50 bits per heavy atom. The van der Waals surface area contributed by atoms with Crippen LogP contribution < -0.4 is 16.4 Å². The first-order valence-electron chi connectivity index (χ1n) is 6.10. The van der Waals surface area contributed by atoms with Crippen molar-refractivity contribution in [2.45, 2.75) is 31.8 Å². The van der Waals surface area contributed by atoms with Crippen LogP contribution in [0, 0.1) is 0 Å². The van der Waals surface area contributed by atoms with Crippen LogP contribution in [0.15, 0.2) is 22.7 Å². The van der Waals surface area contributed by atoms with Crippen molar-refractivity contribution in [3.05, 3.63) is 28.2 Å². The number of benzene rings is 1. The number of hydrogen-bond acceptors (Lipinski definition) is 3. The highest BCUT2D eigenvalue weighted by atomic mass is 79.9. The van der Waals surface area contributed by atoms with Gasteiger partial charge in [-0.2, -0.15) is 0 Å². The minimum Gasteiger partial charge on any atom is -0.368 e. The summed E-state index contributed by atoms with van der Waals surface area (Å²) >= 11 is 3.37. The number of hydrogen-bond donors (Lipinski definition) is 2. The van der Waals surface area contributed by atoms with Crippen LogP contribution in [-0.2, 0) is 0 Å². The van der Waals surface area contributed by atoms with Gasteiger partial charge in [0.05, 0.1) is 5.56 Å². The topological polar surface area (TPSA) is 72.3 Å². The Labute approximate surface area is 115 Å². The van der Waals surface area contributed by atoms with Gasteiger partial charge in [0.1, 0.15) is 0 Å². The first-order chi connectivity index (χ1) is 8.49. The third kappa shape index (κ3) is 2.67. The highest BCUT2D eigenvalue weighted by Gasteiger charge is 2.25. The van der Waals surface area contributed by atoms with E-state index in [9.17, 15) is 4.79 Å². The maximum atomic E-state index is 11.5. The van der Waals surface area contributed by atoms with Crippen molar-refractivity contribution in [3.8, 4) is 0 Å². The minimum absolute atomic E-state index is 0.253. The number of nitrogens with zero attached hydrogens (tertiary/aromatic N) is 1. The van der Waals surface area contributed by atoms with Gasteiger partial charge in [-0.05, 0) is 38.0 Å². The maximum Gasteiger partial charge on any atom is 0.250 e. The van der Waals surface area contributed by atoms with E-state index in [2.05, 4.69) is 27.8 Å². The lowest BCUT2D eigenvalue weighted by Gasteiger charge is -2.38. The van der Waals surface area contributed by atoms with Crippen LogP contribution in [0.4, 0.5) is 5.69 Å². The standard InChI is InChI=1S/C13H18BrN3O/c1-8-6-10(15)4-5-17(8)12-3-2-9(14)7-11(12)13(16)18/h2-3,7-8,10H,4-6,15H2,1H3,(H2,16,18). The average molecular weight is 312 g/mol. The predicted molar refractivity (Wildman–Crippen MR) is 76.7 cm³/mol. The normalized spacial score (nSPS) is 24.1. The molecule has 1 aromatic rings. The van der Waals surface area contributed by atoms with Crippen molar-refractivity contribution in [2.75, 3.05) is 11.4 Å². The van der Waals surface area contributed by atoms with Gasteiger partial charge < -0.3 is 16.4 Å². The molecule has 1 aliphatic heterocycles. The van der Waals surface area contributed by atoms with Crippen molar-refractivity contribution in [3.63, 3.8) is 0 Å². The van der Waals surface area contributed by atoms with E-state index in [0.29, 0.717) is 11.6 Å². The van der Waals surface area contributed by atoms with Gasteiger partial charge in [-0.3, -0.25) is 4.79 Å². The molecule has 0 radical (unpaired) electrons. The zero-order valence-electron chi connectivity index (χ0n) is 10.4. The summed E-state index contributed by atoms with van der Waals surface area (Å²) in [6.07, 6.45) is 1.88. The summed E-state index contributed by atoms with van der Waals surface area (Å²) in [5.74, 6) is -0.395. The molecule has 5 heteroatoms. The molecule has 2 unspecified atom stereocenters. The van der Waals surface area contributed by atoms with Crippen molar-refractivity contribution in [2.24, 2.45) is 11.5 Å². The molecular weight excluding hydrogens is 294 g/mol. The number of primary amides is 1. The van der Waals surface area contributed by atoms with Gasteiger partial charge in [-0.25, -0.2) is 0 Å². The molecule has 2 atom stereocenters. The summed E-state index contributed by atoms with van der Waals surface area (Å²) < 4.78 is 0.862. The molecule has 0 aliphatic carbocycles. The second-order valence-electron chi connectivity index (χ2n) is 4.85. The largest absolute Gasteiger partial charge is 0.368 e. The lowest BCUT2D eigenvalue weighted by atomic mass is 9.97. The molecule has 0 spiro atoms. The van der Waals surface area contributed by atoms with Gasteiger partial charge in [0, 0.05) is 28.8 Å². The zero-order chi connectivity index (χ0) is 13.3. The van der Waals surface area contributed by atoms with Crippen LogP contribution in [0.2, 0.25) is 0 Å². The third-order valence-corrected chi connectivity index (χ3v) is 3.94. The molecule has 2 rings (SSSR count). The SMILES string of the molecule is CC1CC(N)CCN1c1ccc(Br)cc1C(N)=O. The first-order valence-corrected chi connectivity index (χ1v) is 6.90. The van der Waals surface area contributed by atoms with Crippen LogP contribution in [0.25, 0.3) is 0 Å². The summed E-state index contributed by atoms with van der Waals surface area (Å²) in [4.78, 5) is 13.8.